The van der Waals surface area contributed by atoms with E-state index in [1.54, 1.807) is 12.1 Å². The molecule has 0 aliphatic carbocycles. The molecule has 0 spiro atoms. The van der Waals surface area contributed by atoms with Crippen LogP contribution in [-0.4, -0.2) is 47.8 Å². The van der Waals surface area contributed by atoms with Crippen LogP contribution in [0.2, 0.25) is 0 Å². The van der Waals surface area contributed by atoms with Crippen LogP contribution in [0.3, 0.4) is 0 Å². The van der Waals surface area contributed by atoms with E-state index < -0.39 is 12.8 Å². The van der Waals surface area contributed by atoms with E-state index in [1.807, 2.05) is 18.7 Å². The number of guanidine groups is 1. The normalized spacial score (nSPS) is 18.2. The van der Waals surface area contributed by atoms with Crippen molar-refractivity contribution >= 4 is 17.7 Å². The minimum Gasteiger partial charge on any atom is -0.468 e. The second-order valence-corrected chi connectivity index (χ2v) is 6.99. The summed E-state index contributed by atoms with van der Waals surface area (Å²) in [6.45, 7) is 2.31. The van der Waals surface area contributed by atoms with Gasteiger partial charge in [0.2, 0.25) is 5.88 Å². The van der Waals surface area contributed by atoms with Crippen LogP contribution in [0.25, 0.3) is 0 Å². The number of halogens is 3. The van der Waals surface area contributed by atoms with Gasteiger partial charge in [-0.15, -0.1) is 0 Å². The van der Waals surface area contributed by atoms with Gasteiger partial charge < -0.3 is 15.4 Å². The molecule has 2 N–H and O–H groups in total. The molecule has 0 amide bonds. The Balaban J connectivity index is 1.96. The molecule has 2 heterocycles. The molecule has 1 unspecified atom stereocenters. The Hall–Kier alpha value is -1.64. The predicted molar refractivity (Wildman–Crippen MR) is 94.1 cm³/mol. The summed E-state index contributed by atoms with van der Waals surface area (Å²) in [4.78, 5) is 8.31. The summed E-state index contributed by atoms with van der Waals surface area (Å²) in [5.74, 6) is 1.79. The highest BCUT2D eigenvalue weighted by atomic mass is 32.2. The third-order valence-corrected chi connectivity index (χ3v) is 4.89. The largest absolute Gasteiger partial charge is 0.468 e. The zero-order chi connectivity index (χ0) is 18.1. The zero-order valence-corrected chi connectivity index (χ0v) is 14.9. The first-order valence-corrected chi connectivity index (χ1v) is 9.30. The molecule has 1 aliphatic heterocycles. The topological polar surface area (TPSA) is 58.5 Å². The van der Waals surface area contributed by atoms with Crippen LogP contribution in [-0.2, 0) is 6.54 Å². The molecule has 140 valence electrons. The number of nitrogens with zero attached hydrogens (tertiary/aromatic N) is 2. The fourth-order valence-electron chi connectivity index (χ4n) is 2.35. The fourth-order valence-corrected chi connectivity index (χ4v) is 3.55. The number of rotatable bonds is 7. The SMILES string of the molecule is CCNC(=NCc1cccnc1OCC(F)(F)F)NCC1CCCS1. The summed E-state index contributed by atoms with van der Waals surface area (Å²) in [7, 11) is 0. The molecule has 0 bridgehead atoms. The lowest BCUT2D eigenvalue weighted by Gasteiger charge is -2.15. The van der Waals surface area contributed by atoms with Crippen LogP contribution >= 0.6 is 11.8 Å². The molecule has 5 nitrogen and oxygen atoms in total. The van der Waals surface area contributed by atoms with Crippen LogP contribution in [0, 0.1) is 0 Å². The van der Waals surface area contributed by atoms with Gasteiger partial charge in [-0.05, 0) is 31.6 Å². The number of nitrogens with one attached hydrogen (secondary N) is 2. The number of hydrogen-bond acceptors (Lipinski definition) is 4. The van der Waals surface area contributed by atoms with Gasteiger partial charge >= 0.3 is 6.18 Å². The molecule has 1 aromatic rings. The summed E-state index contributed by atoms with van der Waals surface area (Å²) in [6.07, 6.45) is -0.567. The Labute approximate surface area is 149 Å². The van der Waals surface area contributed by atoms with Gasteiger partial charge in [0.15, 0.2) is 12.6 Å². The second kappa shape index (κ2) is 9.74. The molecular formula is C16H23F3N4OS. The van der Waals surface area contributed by atoms with E-state index in [-0.39, 0.29) is 12.4 Å². The minimum absolute atomic E-state index is 0.0363. The quantitative estimate of drug-likeness (QED) is 0.566. The van der Waals surface area contributed by atoms with Crippen molar-refractivity contribution < 1.29 is 17.9 Å². The zero-order valence-electron chi connectivity index (χ0n) is 14.1. The van der Waals surface area contributed by atoms with Gasteiger partial charge in [-0.2, -0.15) is 24.9 Å². The average Bonchev–Trinajstić information content (AvgIpc) is 3.09. The van der Waals surface area contributed by atoms with Crippen LogP contribution in [0.1, 0.15) is 25.3 Å². The molecule has 1 fully saturated rings. The van der Waals surface area contributed by atoms with Gasteiger partial charge in [-0.1, -0.05) is 6.07 Å². The van der Waals surface area contributed by atoms with Crippen molar-refractivity contribution in [1.82, 2.24) is 15.6 Å². The number of aromatic nitrogens is 1. The molecule has 2 rings (SSSR count). The molecule has 0 saturated carbocycles. The second-order valence-electron chi connectivity index (χ2n) is 5.58. The number of ether oxygens (including phenoxy) is 1. The molecule has 1 aliphatic rings. The molecule has 1 atom stereocenters. The third-order valence-electron chi connectivity index (χ3n) is 3.50. The highest BCUT2D eigenvalue weighted by molar-refractivity contribution is 8.00. The van der Waals surface area contributed by atoms with Gasteiger partial charge in [0.05, 0.1) is 6.54 Å². The van der Waals surface area contributed by atoms with Crippen LogP contribution in [0.15, 0.2) is 23.3 Å². The number of alkyl halides is 3. The average molecular weight is 376 g/mol. The van der Waals surface area contributed by atoms with Crippen molar-refractivity contribution in [3.63, 3.8) is 0 Å². The summed E-state index contributed by atoms with van der Waals surface area (Å²) in [5.41, 5.74) is 0.513. The standard InChI is InChI=1S/C16H23F3N4OS/c1-2-20-15(23-10-13-6-4-8-25-13)22-9-12-5-3-7-21-14(12)24-11-16(17,18)19/h3,5,7,13H,2,4,6,8-11H2,1H3,(H2,20,22,23). The van der Waals surface area contributed by atoms with Gasteiger partial charge in [0, 0.05) is 30.1 Å². The summed E-state index contributed by atoms with van der Waals surface area (Å²) in [5, 5.41) is 7.00. The van der Waals surface area contributed by atoms with Crippen molar-refractivity contribution in [3.8, 4) is 5.88 Å². The smallest absolute Gasteiger partial charge is 0.422 e. The van der Waals surface area contributed by atoms with Crippen molar-refractivity contribution in [3.05, 3.63) is 23.9 Å². The van der Waals surface area contributed by atoms with Crippen molar-refractivity contribution in [2.75, 3.05) is 25.4 Å². The van der Waals surface area contributed by atoms with Crippen molar-refractivity contribution in [2.24, 2.45) is 4.99 Å². The van der Waals surface area contributed by atoms with Crippen molar-refractivity contribution in [2.45, 2.75) is 37.7 Å². The highest BCUT2D eigenvalue weighted by Crippen LogP contribution is 2.25. The Morgan fingerprint density at radius 3 is 2.96 bits per heavy atom. The third kappa shape index (κ3) is 7.41. The van der Waals surface area contributed by atoms with Gasteiger partial charge in [-0.3, -0.25) is 0 Å². The Kier molecular flexibility index (Phi) is 7.67. The van der Waals surface area contributed by atoms with Crippen LogP contribution in [0.4, 0.5) is 13.2 Å². The first kappa shape index (κ1) is 19.7. The number of thioether (sulfide) groups is 1. The number of aliphatic imine (C=N–C) groups is 1. The molecular weight excluding hydrogens is 353 g/mol. The minimum atomic E-state index is -4.40. The van der Waals surface area contributed by atoms with E-state index in [0.29, 0.717) is 23.3 Å². The van der Waals surface area contributed by atoms with Crippen LogP contribution in [0.5, 0.6) is 5.88 Å². The Morgan fingerprint density at radius 2 is 2.28 bits per heavy atom. The molecule has 1 saturated heterocycles. The predicted octanol–water partition coefficient (Wildman–Crippen LogP) is 2.97. The molecule has 1 aromatic heterocycles. The fraction of sp³-hybridized carbons (Fsp3) is 0.625. The van der Waals surface area contributed by atoms with Crippen molar-refractivity contribution in [1.29, 1.82) is 0 Å². The first-order valence-electron chi connectivity index (χ1n) is 8.25. The Morgan fingerprint density at radius 1 is 1.44 bits per heavy atom. The van der Waals surface area contributed by atoms with Gasteiger partial charge in [-0.25, -0.2) is 9.98 Å². The molecule has 0 radical (unpaired) electrons. The monoisotopic (exact) mass is 376 g/mol. The lowest BCUT2D eigenvalue weighted by molar-refractivity contribution is -0.154. The summed E-state index contributed by atoms with van der Waals surface area (Å²) < 4.78 is 41.8. The van der Waals surface area contributed by atoms with E-state index in [1.165, 1.54) is 24.8 Å². The maximum absolute atomic E-state index is 12.3. The number of pyridine rings is 1. The van der Waals surface area contributed by atoms with E-state index in [2.05, 4.69) is 20.6 Å². The lowest BCUT2D eigenvalue weighted by Crippen LogP contribution is -2.40. The van der Waals surface area contributed by atoms with E-state index in [4.69, 9.17) is 4.74 Å². The maximum atomic E-state index is 12.3. The summed E-state index contributed by atoms with van der Waals surface area (Å²) >= 11 is 1.95. The number of hydrogen-bond donors (Lipinski definition) is 2. The summed E-state index contributed by atoms with van der Waals surface area (Å²) in [6, 6.07) is 3.32. The van der Waals surface area contributed by atoms with E-state index >= 15 is 0 Å². The molecule has 0 aromatic carbocycles. The van der Waals surface area contributed by atoms with Gasteiger partial charge in [0.25, 0.3) is 0 Å². The van der Waals surface area contributed by atoms with E-state index in [0.717, 1.165) is 6.54 Å². The lowest BCUT2D eigenvalue weighted by atomic mass is 10.2. The van der Waals surface area contributed by atoms with Crippen LogP contribution < -0.4 is 15.4 Å². The van der Waals surface area contributed by atoms with Gasteiger partial charge in [0.1, 0.15) is 0 Å². The first-order chi connectivity index (χ1) is 12.0. The molecule has 9 heteroatoms. The Bertz CT molecular complexity index is 563. The van der Waals surface area contributed by atoms with E-state index in [9.17, 15) is 13.2 Å². The maximum Gasteiger partial charge on any atom is 0.422 e. The highest BCUT2D eigenvalue weighted by Gasteiger charge is 2.29. The molecule has 25 heavy (non-hydrogen) atoms.